The van der Waals surface area contributed by atoms with Gasteiger partial charge in [0.25, 0.3) is 0 Å². The molecule has 0 unspecified atom stereocenters. The summed E-state index contributed by atoms with van der Waals surface area (Å²) in [6, 6.07) is 10.1. The smallest absolute Gasteiger partial charge is 0.248 e. The van der Waals surface area contributed by atoms with Crippen molar-refractivity contribution in [2.24, 2.45) is 0 Å². The monoisotopic (exact) mass is 316 g/mol. The van der Waals surface area contributed by atoms with Gasteiger partial charge in [-0.1, -0.05) is 18.2 Å². The van der Waals surface area contributed by atoms with Crippen LogP contribution in [0.4, 0.5) is 20.2 Å². The second kappa shape index (κ2) is 7.31. The predicted molar refractivity (Wildman–Crippen MR) is 84.8 cm³/mol. The first-order valence-corrected chi connectivity index (χ1v) is 6.76. The third-order valence-corrected chi connectivity index (χ3v) is 2.87. The van der Waals surface area contributed by atoms with Gasteiger partial charge in [0.05, 0.1) is 0 Å². The van der Waals surface area contributed by atoms with Gasteiger partial charge in [0, 0.05) is 18.7 Å². The molecule has 2 aromatic rings. The normalized spacial score (nSPS) is 10.6. The Labute approximate surface area is 131 Å². The summed E-state index contributed by atoms with van der Waals surface area (Å²) < 4.78 is 26.8. The SMILES string of the molecule is CC(=O)Nc1ccc(/C=C/C(=O)Nc2c(F)cccc2F)cc1. The quantitative estimate of drug-likeness (QED) is 0.847. The van der Waals surface area contributed by atoms with Crippen LogP contribution in [0.5, 0.6) is 0 Å². The number of rotatable bonds is 4. The van der Waals surface area contributed by atoms with Crippen molar-refractivity contribution in [3.05, 3.63) is 65.7 Å². The molecule has 4 nitrogen and oxygen atoms in total. The van der Waals surface area contributed by atoms with Gasteiger partial charge in [-0.25, -0.2) is 8.78 Å². The number of hydrogen-bond acceptors (Lipinski definition) is 2. The number of benzene rings is 2. The topological polar surface area (TPSA) is 58.2 Å². The molecule has 118 valence electrons. The highest BCUT2D eigenvalue weighted by Crippen LogP contribution is 2.18. The third kappa shape index (κ3) is 4.74. The zero-order chi connectivity index (χ0) is 16.8. The van der Waals surface area contributed by atoms with Crippen LogP contribution < -0.4 is 10.6 Å². The number of para-hydroxylation sites is 1. The summed E-state index contributed by atoms with van der Waals surface area (Å²) in [6.45, 7) is 1.40. The maximum atomic E-state index is 13.4. The van der Waals surface area contributed by atoms with Crippen LogP contribution in [-0.2, 0) is 9.59 Å². The number of nitrogens with one attached hydrogen (secondary N) is 2. The molecule has 2 amide bonds. The number of anilines is 2. The Balaban J connectivity index is 2.02. The summed E-state index contributed by atoms with van der Waals surface area (Å²) in [6.07, 6.45) is 2.66. The number of hydrogen-bond donors (Lipinski definition) is 2. The molecule has 0 spiro atoms. The molecule has 23 heavy (non-hydrogen) atoms. The van der Waals surface area contributed by atoms with Crippen LogP contribution in [0.25, 0.3) is 6.08 Å². The fraction of sp³-hybridized carbons (Fsp3) is 0.0588. The maximum absolute atomic E-state index is 13.4. The molecule has 0 heterocycles. The van der Waals surface area contributed by atoms with E-state index in [4.69, 9.17) is 0 Å². The number of amides is 2. The number of carbonyl (C=O) groups is 2. The van der Waals surface area contributed by atoms with Crippen molar-refractivity contribution in [3.63, 3.8) is 0 Å². The van der Waals surface area contributed by atoms with E-state index in [0.717, 1.165) is 12.1 Å². The van der Waals surface area contributed by atoms with Gasteiger partial charge < -0.3 is 10.6 Å². The Morgan fingerprint density at radius 2 is 1.57 bits per heavy atom. The van der Waals surface area contributed by atoms with Crippen molar-refractivity contribution in [1.29, 1.82) is 0 Å². The molecule has 0 aliphatic rings. The lowest BCUT2D eigenvalue weighted by Gasteiger charge is -2.05. The summed E-state index contributed by atoms with van der Waals surface area (Å²) in [5.41, 5.74) is 0.846. The van der Waals surface area contributed by atoms with E-state index in [1.54, 1.807) is 24.3 Å². The highest BCUT2D eigenvalue weighted by atomic mass is 19.1. The van der Waals surface area contributed by atoms with E-state index in [1.807, 2.05) is 0 Å². The van der Waals surface area contributed by atoms with Crippen LogP contribution in [0.2, 0.25) is 0 Å². The Bertz CT molecular complexity index is 735. The summed E-state index contributed by atoms with van der Waals surface area (Å²) in [5.74, 6) is -2.52. The van der Waals surface area contributed by atoms with Crippen LogP contribution in [0.1, 0.15) is 12.5 Å². The Hall–Kier alpha value is -3.02. The highest BCUT2D eigenvalue weighted by molar-refractivity contribution is 6.02. The summed E-state index contributed by atoms with van der Waals surface area (Å²) >= 11 is 0. The lowest BCUT2D eigenvalue weighted by Crippen LogP contribution is -2.10. The average molecular weight is 316 g/mol. The summed E-state index contributed by atoms with van der Waals surface area (Å²) in [4.78, 5) is 22.6. The molecule has 0 saturated heterocycles. The van der Waals surface area contributed by atoms with Crippen LogP contribution in [0.3, 0.4) is 0 Å². The van der Waals surface area contributed by atoms with E-state index >= 15 is 0 Å². The van der Waals surface area contributed by atoms with Gasteiger partial charge >= 0.3 is 0 Å². The van der Waals surface area contributed by atoms with Crippen LogP contribution in [0, 0.1) is 11.6 Å². The molecule has 2 N–H and O–H groups in total. The second-order valence-electron chi connectivity index (χ2n) is 4.72. The van der Waals surface area contributed by atoms with Crippen molar-refractivity contribution >= 4 is 29.3 Å². The zero-order valence-electron chi connectivity index (χ0n) is 12.3. The molecule has 2 aromatic carbocycles. The molecule has 0 radical (unpaired) electrons. The largest absolute Gasteiger partial charge is 0.326 e. The van der Waals surface area contributed by atoms with E-state index in [1.165, 1.54) is 25.1 Å². The second-order valence-corrected chi connectivity index (χ2v) is 4.72. The van der Waals surface area contributed by atoms with Crippen LogP contribution >= 0.6 is 0 Å². The first-order valence-electron chi connectivity index (χ1n) is 6.76. The Morgan fingerprint density at radius 1 is 0.957 bits per heavy atom. The molecular formula is C17H14F2N2O2. The molecular weight excluding hydrogens is 302 g/mol. The number of halogens is 2. The van der Waals surface area contributed by atoms with Crippen molar-refractivity contribution in [2.75, 3.05) is 10.6 Å². The van der Waals surface area contributed by atoms with Crippen LogP contribution in [0.15, 0.2) is 48.5 Å². The first-order chi connectivity index (χ1) is 11.0. The van der Waals surface area contributed by atoms with Gasteiger partial charge in [-0.3, -0.25) is 9.59 Å². The van der Waals surface area contributed by atoms with E-state index in [-0.39, 0.29) is 5.91 Å². The minimum atomic E-state index is -0.841. The summed E-state index contributed by atoms with van der Waals surface area (Å²) in [7, 11) is 0. The van der Waals surface area contributed by atoms with Crippen molar-refractivity contribution in [3.8, 4) is 0 Å². The fourth-order valence-corrected chi connectivity index (χ4v) is 1.83. The lowest BCUT2D eigenvalue weighted by atomic mass is 10.2. The molecule has 0 saturated carbocycles. The maximum Gasteiger partial charge on any atom is 0.248 e. The van der Waals surface area contributed by atoms with E-state index in [9.17, 15) is 18.4 Å². The molecule has 0 bridgehead atoms. The van der Waals surface area contributed by atoms with E-state index < -0.39 is 23.2 Å². The van der Waals surface area contributed by atoms with E-state index in [0.29, 0.717) is 11.3 Å². The molecule has 0 fully saturated rings. The van der Waals surface area contributed by atoms with Crippen LogP contribution in [-0.4, -0.2) is 11.8 Å². The van der Waals surface area contributed by atoms with Gasteiger partial charge in [0.2, 0.25) is 11.8 Å². The lowest BCUT2D eigenvalue weighted by molar-refractivity contribution is -0.114. The predicted octanol–water partition coefficient (Wildman–Crippen LogP) is 3.58. The first kappa shape index (κ1) is 16.4. The minimum Gasteiger partial charge on any atom is -0.326 e. The number of carbonyl (C=O) groups excluding carboxylic acids is 2. The van der Waals surface area contributed by atoms with Gasteiger partial charge in [0.15, 0.2) is 0 Å². The standard InChI is InChI=1S/C17H14F2N2O2/c1-11(22)20-13-8-5-12(6-9-13)7-10-16(23)21-17-14(18)3-2-4-15(17)19/h2-10H,1H3,(H,20,22)(H,21,23)/b10-7+. The minimum absolute atomic E-state index is 0.181. The Kier molecular flexibility index (Phi) is 5.19. The molecule has 2 rings (SSSR count). The van der Waals surface area contributed by atoms with Gasteiger partial charge in [-0.15, -0.1) is 0 Å². The molecule has 0 atom stereocenters. The zero-order valence-corrected chi connectivity index (χ0v) is 12.3. The van der Waals surface area contributed by atoms with E-state index in [2.05, 4.69) is 10.6 Å². The molecule has 6 heteroatoms. The van der Waals surface area contributed by atoms with Gasteiger partial charge in [-0.2, -0.15) is 0 Å². The van der Waals surface area contributed by atoms with Crippen molar-refractivity contribution in [1.82, 2.24) is 0 Å². The molecule has 0 aliphatic carbocycles. The fourth-order valence-electron chi connectivity index (χ4n) is 1.83. The molecule has 0 aromatic heterocycles. The third-order valence-electron chi connectivity index (χ3n) is 2.87. The van der Waals surface area contributed by atoms with Gasteiger partial charge in [-0.05, 0) is 35.9 Å². The Morgan fingerprint density at radius 3 is 2.13 bits per heavy atom. The van der Waals surface area contributed by atoms with Crippen molar-refractivity contribution in [2.45, 2.75) is 6.92 Å². The molecule has 0 aliphatic heterocycles. The summed E-state index contributed by atoms with van der Waals surface area (Å²) in [5, 5.41) is 4.77. The average Bonchev–Trinajstić information content (AvgIpc) is 2.50. The van der Waals surface area contributed by atoms with Crippen molar-refractivity contribution < 1.29 is 18.4 Å². The highest BCUT2D eigenvalue weighted by Gasteiger charge is 2.09. The van der Waals surface area contributed by atoms with Gasteiger partial charge in [0.1, 0.15) is 17.3 Å².